The van der Waals surface area contributed by atoms with Gasteiger partial charge in [-0.3, -0.25) is 0 Å². The normalized spacial score (nSPS) is 12.8. The third kappa shape index (κ3) is 5.00. The van der Waals surface area contributed by atoms with Crippen LogP contribution in [0.4, 0.5) is 0 Å². The zero-order valence-electron chi connectivity index (χ0n) is 30.3. The van der Waals surface area contributed by atoms with E-state index in [-0.39, 0.29) is 0 Å². The molecule has 8 aromatic carbocycles. The summed E-state index contributed by atoms with van der Waals surface area (Å²) >= 11 is 1.84. The number of fused-ring (bicyclic) bond motifs is 6. The Labute approximate surface area is 329 Å². The van der Waals surface area contributed by atoms with Crippen LogP contribution in [0.3, 0.4) is 0 Å². The molecular formula is C52H33N3S. The fourth-order valence-electron chi connectivity index (χ4n) is 8.85. The van der Waals surface area contributed by atoms with E-state index in [0.29, 0.717) is 17.5 Å². The van der Waals surface area contributed by atoms with Crippen molar-refractivity contribution in [3.05, 3.63) is 222 Å². The molecule has 2 heterocycles. The topological polar surface area (TPSA) is 38.7 Å². The molecule has 262 valence electrons. The molecule has 0 fully saturated rings. The summed E-state index contributed by atoms with van der Waals surface area (Å²) < 4.78 is 2.60. The molecule has 0 bridgehead atoms. The number of hydrogen-bond donors (Lipinski definition) is 0. The molecule has 4 heteroatoms. The first kappa shape index (κ1) is 32.4. The second-order valence-corrected chi connectivity index (χ2v) is 15.4. The molecular weight excluding hydrogens is 699 g/mol. The van der Waals surface area contributed by atoms with E-state index in [9.17, 15) is 0 Å². The highest BCUT2D eigenvalue weighted by molar-refractivity contribution is 7.25. The van der Waals surface area contributed by atoms with E-state index in [0.717, 1.165) is 22.3 Å². The third-order valence-electron chi connectivity index (χ3n) is 11.2. The van der Waals surface area contributed by atoms with Crippen molar-refractivity contribution >= 4 is 31.5 Å². The lowest BCUT2D eigenvalue weighted by molar-refractivity contribution is 0.769. The standard InChI is InChI=1S/C52H33N3S/c1-4-16-35(17-5-1)49-53-50(36-32-30-34(31-33-36)39-24-15-29-46-47(39)42-23-11-13-28-45(42)56-46)55-51(54-49)43-26-14-25-41-40-22-10-12-27-44(40)52(48(41)43,37-18-6-2-7-19-37)38-20-8-3-9-21-38/h1-33H. The lowest BCUT2D eigenvalue weighted by Gasteiger charge is -2.35. The zero-order valence-corrected chi connectivity index (χ0v) is 31.1. The van der Waals surface area contributed by atoms with Crippen LogP contribution in [-0.2, 0) is 5.41 Å². The first-order valence-electron chi connectivity index (χ1n) is 18.9. The molecule has 0 atom stereocenters. The largest absolute Gasteiger partial charge is 0.208 e. The summed E-state index contributed by atoms with van der Waals surface area (Å²) in [7, 11) is 0. The minimum Gasteiger partial charge on any atom is -0.208 e. The van der Waals surface area contributed by atoms with Gasteiger partial charge in [0.1, 0.15) is 0 Å². The lowest BCUT2D eigenvalue weighted by Crippen LogP contribution is -2.29. The van der Waals surface area contributed by atoms with E-state index in [2.05, 4.69) is 182 Å². The maximum atomic E-state index is 5.36. The van der Waals surface area contributed by atoms with E-state index >= 15 is 0 Å². The van der Waals surface area contributed by atoms with E-state index in [1.165, 1.54) is 59.1 Å². The summed E-state index contributed by atoms with van der Waals surface area (Å²) in [4.78, 5) is 15.8. The summed E-state index contributed by atoms with van der Waals surface area (Å²) in [5.41, 5.74) is 11.9. The molecule has 0 unspecified atom stereocenters. The second kappa shape index (κ2) is 13.1. The smallest absolute Gasteiger partial charge is 0.164 e. The molecule has 0 radical (unpaired) electrons. The van der Waals surface area contributed by atoms with Crippen molar-refractivity contribution in [3.63, 3.8) is 0 Å². The van der Waals surface area contributed by atoms with Crippen LogP contribution in [0.2, 0.25) is 0 Å². The molecule has 3 nitrogen and oxygen atoms in total. The van der Waals surface area contributed by atoms with Crippen molar-refractivity contribution < 1.29 is 0 Å². The molecule has 1 aliphatic rings. The van der Waals surface area contributed by atoms with Crippen molar-refractivity contribution in [2.45, 2.75) is 5.41 Å². The van der Waals surface area contributed by atoms with Crippen molar-refractivity contribution in [2.75, 3.05) is 0 Å². The molecule has 11 rings (SSSR count). The van der Waals surface area contributed by atoms with Crippen molar-refractivity contribution in [1.82, 2.24) is 15.0 Å². The Bertz CT molecular complexity index is 3020. The van der Waals surface area contributed by atoms with Gasteiger partial charge in [-0.15, -0.1) is 11.3 Å². The van der Waals surface area contributed by atoms with Crippen LogP contribution in [0.5, 0.6) is 0 Å². The fourth-order valence-corrected chi connectivity index (χ4v) is 9.98. The van der Waals surface area contributed by atoms with Gasteiger partial charge in [0.15, 0.2) is 17.5 Å². The summed E-state index contributed by atoms with van der Waals surface area (Å²) in [6.45, 7) is 0. The summed E-state index contributed by atoms with van der Waals surface area (Å²) in [6.07, 6.45) is 0. The van der Waals surface area contributed by atoms with Gasteiger partial charge in [0, 0.05) is 36.9 Å². The summed E-state index contributed by atoms with van der Waals surface area (Å²) in [6, 6.07) is 71.4. The summed E-state index contributed by atoms with van der Waals surface area (Å²) in [5.74, 6) is 1.92. The van der Waals surface area contributed by atoms with E-state index in [1.54, 1.807) is 0 Å². The molecule has 10 aromatic rings. The van der Waals surface area contributed by atoms with Gasteiger partial charge in [0.2, 0.25) is 0 Å². The van der Waals surface area contributed by atoms with Crippen molar-refractivity contribution in [3.8, 4) is 56.4 Å². The molecule has 0 spiro atoms. The van der Waals surface area contributed by atoms with Gasteiger partial charge < -0.3 is 0 Å². The second-order valence-electron chi connectivity index (χ2n) is 14.3. The predicted molar refractivity (Wildman–Crippen MR) is 232 cm³/mol. The molecule has 0 saturated carbocycles. The van der Waals surface area contributed by atoms with Gasteiger partial charge >= 0.3 is 0 Å². The SMILES string of the molecule is c1ccc(-c2nc(-c3ccc(-c4cccc5sc6ccccc6c45)cc3)nc(-c3cccc4c3C(c3ccccc3)(c3ccccc3)c3ccccc3-4)n2)cc1. The Morgan fingerprint density at radius 1 is 0.339 bits per heavy atom. The Hall–Kier alpha value is -7.01. The average molecular weight is 732 g/mol. The van der Waals surface area contributed by atoms with E-state index < -0.39 is 5.41 Å². The molecule has 0 N–H and O–H groups in total. The zero-order chi connectivity index (χ0) is 37.1. The number of benzene rings is 8. The highest BCUT2D eigenvalue weighted by Crippen LogP contribution is 2.58. The lowest BCUT2D eigenvalue weighted by atomic mass is 9.66. The number of thiophene rings is 1. The number of hydrogen-bond acceptors (Lipinski definition) is 4. The molecule has 0 amide bonds. The Morgan fingerprint density at radius 3 is 1.57 bits per heavy atom. The monoisotopic (exact) mass is 731 g/mol. The molecule has 0 aliphatic heterocycles. The maximum Gasteiger partial charge on any atom is 0.164 e. The highest BCUT2D eigenvalue weighted by atomic mass is 32.1. The summed E-state index contributed by atoms with van der Waals surface area (Å²) in [5, 5.41) is 2.59. The van der Waals surface area contributed by atoms with Crippen molar-refractivity contribution in [1.29, 1.82) is 0 Å². The van der Waals surface area contributed by atoms with Crippen LogP contribution < -0.4 is 0 Å². The van der Waals surface area contributed by atoms with Crippen LogP contribution >= 0.6 is 11.3 Å². The highest BCUT2D eigenvalue weighted by Gasteiger charge is 2.47. The molecule has 2 aromatic heterocycles. The van der Waals surface area contributed by atoms with Crippen LogP contribution in [0, 0.1) is 0 Å². The Morgan fingerprint density at radius 2 is 0.839 bits per heavy atom. The van der Waals surface area contributed by atoms with Gasteiger partial charge in [-0.1, -0.05) is 188 Å². The van der Waals surface area contributed by atoms with Gasteiger partial charge in [-0.25, -0.2) is 15.0 Å². The Balaban J connectivity index is 1.13. The van der Waals surface area contributed by atoms with Crippen LogP contribution in [0.15, 0.2) is 200 Å². The quantitative estimate of drug-likeness (QED) is 0.171. The number of aromatic nitrogens is 3. The number of nitrogens with zero attached hydrogens (tertiary/aromatic N) is 3. The first-order chi connectivity index (χ1) is 27.8. The van der Waals surface area contributed by atoms with Crippen molar-refractivity contribution in [2.24, 2.45) is 0 Å². The van der Waals surface area contributed by atoms with Gasteiger partial charge in [0.05, 0.1) is 5.41 Å². The number of rotatable bonds is 6. The minimum absolute atomic E-state index is 0.598. The van der Waals surface area contributed by atoms with E-state index in [1.807, 2.05) is 29.5 Å². The molecule has 56 heavy (non-hydrogen) atoms. The molecule has 0 saturated heterocycles. The third-order valence-corrected chi connectivity index (χ3v) is 12.4. The minimum atomic E-state index is -0.598. The first-order valence-corrected chi connectivity index (χ1v) is 19.8. The van der Waals surface area contributed by atoms with Crippen LogP contribution in [-0.4, -0.2) is 15.0 Å². The van der Waals surface area contributed by atoms with Gasteiger partial charge in [-0.05, 0) is 56.6 Å². The van der Waals surface area contributed by atoms with Crippen LogP contribution in [0.1, 0.15) is 22.3 Å². The Kier molecular flexibility index (Phi) is 7.58. The fraction of sp³-hybridized carbons (Fsp3) is 0.0192. The van der Waals surface area contributed by atoms with E-state index in [4.69, 9.17) is 15.0 Å². The van der Waals surface area contributed by atoms with Gasteiger partial charge in [-0.2, -0.15) is 0 Å². The van der Waals surface area contributed by atoms with Crippen LogP contribution in [0.25, 0.3) is 76.6 Å². The predicted octanol–water partition coefficient (Wildman–Crippen LogP) is 13.3. The maximum absolute atomic E-state index is 5.36. The average Bonchev–Trinajstić information content (AvgIpc) is 3.82. The van der Waals surface area contributed by atoms with Gasteiger partial charge in [0.25, 0.3) is 0 Å². The molecule has 1 aliphatic carbocycles.